The zero-order chi connectivity index (χ0) is 36.7. The van der Waals surface area contributed by atoms with Crippen molar-refractivity contribution in [2.45, 2.75) is 59.3 Å². The van der Waals surface area contributed by atoms with E-state index in [2.05, 4.69) is 235 Å². The van der Waals surface area contributed by atoms with Crippen LogP contribution in [-0.4, -0.2) is 0 Å². The lowest BCUT2D eigenvalue weighted by Crippen LogP contribution is -2.10. The Morgan fingerprint density at radius 3 is 0.750 bits per heavy atom. The van der Waals surface area contributed by atoms with E-state index in [9.17, 15) is 0 Å². The monoisotopic (exact) mass is 677 g/mol. The molecule has 52 heavy (non-hydrogen) atoms. The first-order valence-corrected chi connectivity index (χ1v) is 18.3. The van der Waals surface area contributed by atoms with Crippen molar-refractivity contribution in [3.8, 4) is 0 Å². The largest absolute Gasteiger partial charge is 0.311 e. The maximum atomic E-state index is 2.32. The third-order valence-electron chi connectivity index (χ3n) is 9.49. The molecule has 1 nitrogen and oxygen atoms in total. The van der Waals surface area contributed by atoms with E-state index in [0.29, 0.717) is 0 Å². The smallest absolute Gasteiger partial charge is 0.0462 e. The van der Waals surface area contributed by atoms with Gasteiger partial charge in [0.2, 0.25) is 0 Å². The van der Waals surface area contributed by atoms with Crippen molar-refractivity contribution in [3.05, 3.63) is 196 Å². The van der Waals surface area contributed by atoms with Crippen LogP contribution in [0.5, 0.6) is 0 Å². The molecule has 0 radical (unpaired) electrons. The number of aryl methyl sites for hydroxylation is 1. The number of hydrogen-bond donors (Lipinski definition) is 0. The van der Waals surface area contributed by atoms with Crippen molar-refractivity contribution in [3.63, 3.8) is 0 Å². The number of anilines is 3. The fourth-order valence-electron chi connectivity index (χ4n) is 6.09. The predicted octanol–water partition coefficient (Wildman–Crippen LogP) is 14.6. The molecule has 0 aliphatic rings. The summed E-state index contributed by atoms with van der Waals surface area (Å²) in [5, 5.41) is 0. The van der Waals surface area contributed by atoms with Crippen molar-refractivity contribution in [2.24, 2.45) is 0 Å². The fourth-order valence-corrected chi connectivity index (χ4v) is 6.09. The van der Waals surface area contributed by atoms with Gasteiger partial charge in [0.25, 0.3) is 0 Å². The zero-order valence-corrected chi connectivity index (χ0v) is 31.8. The second kappa shape index (κ2) is 15.7. The molecule has 1 heteroatoms. The summed E-state index contributed by atoms with van der Waals surface area (Å²) in [5.41, 5.74) is 14.7. The van der Waals surface area contributed by atoms with Crippen LogP contribution in [0.3, 0.4) is 0 Å². The Hall–Kier alpha value is -5.66. The van der Waals surface area contributed by atoms with Gasteiger partial charge in [-0.3, -0.25) is 0 Å². The molecule has 0 aliphatic heterocycles. The molecule has 6 aromatic rings. The molecule has 0 atom stereocenters. The van der Waals surface area contributed by atoms with Crippen molar-refractivity contribution in [1.29, 1.82) is 0 Å². The Labute approximate surface area is 312 Å². The summed E-state index contributed by atoms with van der Waals surface area (Å²) in [4.78, 5) is 2.32. The van der Waals surface area contributed by atoms with Crippen LogP contribution in [0.4, 0.5) is 17.1 Å². The molecular formula is C51H51N. The molecule has 0 amide bonds. The molecule has 0 unspecified atom stereocenters. The van der Waals surface area contributed by atoms with Crippen LogP contribution in [-0.2, 0) is 10.8 Å². The highest BCUT2D eigenvalue weighted by atomic mass is 15.1. The maximum absolute atomic E-state index is 2.32. The first-order chi connectivity index (χ1) is 24.9. The highest BCUT2D eigenvalue weighted by Gasteiger charge is 2.14. The Bertz CT molecular complexity index is 2020. The molecule has 0 spiro atoms. The van der Waals surface area contributed by atoms with Gasteiger partial charge in [0.15, 0.2) is 0 Å². The Kier molecular flexibility index (Phi) is 10.9. The minimum absolute atomic E-state index is 0.151. The maximum Gasteiger partial charge on any atom is 0.0462 e. The van der Waals surface area contributed by atoms with Crippen molar-refractivity contribution < 1.29 is 0 Å². The van der Waals surface area contributed by atoms with E-state index in [1.807, 2.05) is 0 Å². The Morgan fingerprint density at radius 2 is 0.519 bits per heavy atom. The standard InChI is InChI=1S/C51H51N/c1-38-8-10-39(11-9-38)12-15-42-22-32-47(33-23-42)52(48-34-24-43(25-35-48)16-13-40-18-28-45(29-19-40)50(2,3)4)49-36-26-44(27-37-49)17-14-41-20-30-46(31-21-41)51(5,6)7/h8-37H,1-7H3/b15-12+,16-13+,17-14+. The summed E-state index contributed by atoms with van der Waals surface area (Å²) in [7, 11) is 0. The van der Waals surface area contributed by atoms with E-state index < -0.39 is 0 Å². The van der Waals surface area contributed by atoms with Gasteiger partial charge in [0.1, 0.15) is 0 Å². The Morgan fingerprint density at radius 1 is 0.308 bits per heavy atom. The van der Waals surface area contributed by atoms with Gasteiger partial charge in [-0.15, -0.1) is 0 Å². The quantitative estimate of drug-likeness (QED) is 0.138. The van der Waals surface area contributed by atoms with Gasteiger partial charge in [-0.25, -0.2) is 0 Å². The van der Waals surface area contributed by atoms with Gasteiger partial charge in [-0.05, 0) is 98.7 Å². The van der Waals surface area contributed by atoms with Gasteiger partial charge >= 0.3 is 0 Å². The molecule has 0 aliphatic carbocycles. The second-order valence-corrected chi connectivity index (χ2v) is 15.8. The molecule has 0 saturated carbocycles. The molecule has 6 rings (SSSR count). The third-order valence-corrected chi connectivity index (χ3v) is 9.49. The summed E-state index contributed by atoms with van der Waals surface area (Å²) in [6, 6.07) is 52.8. The molecule has 6 aromatic carbocycles. The highest BCUT2D eigenvalue weighted by Crippen LogP contribution is 2.35. The Balaban J connectivity index is 1.24. The SMILES string of the molecule is Cc1ccc(/C=C/c2ccc(N(c3ccc(/C=C/c4ccc(C(C)(C)C)cc4)cc3)c3ccc(/C=C/c4ccc(C(C)(C)C)cc4)cc3)cc2)cc1. The van der Waals surface area contributed by atoms with Crippen molar-refractivity contribution in [1.82, 2.24) is 0 Å². The van der Waals surface area contributed by atoms with E-state index in [1.54, 1.807) is 0 Å². The van der Waals surface area contributed by atoms with Crippen molar-refractivity contribution in [2.75, 3.05) is 4.90 Å². The summed E-state index contributed by atoms with van der Waals surface area (Å²) < 4.78 is 0. The lowest BCUT2D eigenvalue weighted by Gasteiger charge is -2.26. The number of rotatable bonds is 9. The van der Waals surface area contributed by atoms with E-state index >= 15 is 0 Å². The number of nitrogens with zero attached hydrogens (tertiary/aromatic N) is 1. The lowest BCUT2D eigenvalue weighted by atomic mass is 9.87. The summed E-state index contributed by atoms with van der Waals surface area (Å²) in [6.07, 6.45) is 13.1. The molecule has 0 fully saturated rings. The van der Waals surface area contributed by atoms with Gasteiger partial charge < -0.3 is 4.90 Å². The van der Waals surface area contributed by atoms with Crippen LogP contribution in [0.25, 0.3) is 36.5 Å². The van der Waals surface area contributed by atoms with Crippen LogP contribution in [0, 0.1) is 6.92 Å². The summed E-state index contributed by atoms with van der Waals surface area (Å²) in [6.45, 7) is 15.6. The van der Waals surface area contributed by atoms with Crippen molar-refractivity contribution >= 4 is 53.5 Å². The van der Waals surface area contributed by atoms with Crippen LogP contribution in [0.1, 0.15) is 91.6 Å². The van der Waals surface area contributed by atoms with E-state index in [0.717, 1.165) is 33.8 Å². The first-order valence-electron chi connectivity index (χ1n) is 18.3. The normalized spacial score (nSPS) is 12.3. The van der Waals surface area contributed by atoms with Gasteiger partial charge in [0, 0.05) is 17.1 Å². The average molecular weight is 678 g/mol. The minimum atomic E-state index is 0.151. The zero-order valence-electron chi connectivity index (χ0n) is 31.8. The van der Waals surface area contributed by atoms with Crippen LogP contribution in [0.15, 0.2) is 146 Å². The van der Waals surface area contributed by atoms with Gasteiger partial charge in [-0.2, -0.15) is 0 Å². The van der Waals surface area contributed by atoms with E-state index in [1.165, 1.54) is 33.4 Å². The average Bonchev–Trinajstić information content (AvgIpc) is 3.14. The van der Waals surface area contributed by atoms with E-state index in [4.69, 9.17) is 0 Å². The summed E-state index contributed by atoms with van der Waals surface area (Å²) >= 11 is 0. The molecule has 260 valence electrons. The van der Waals surface area contributed by atoms with Crippen LogP contribution < -0.4 is 4.90 Å². The molecule has 0 heterocycles. The molecule has 0 N–H and O–H groups in total. The lowest BCUT2D eigenvalue weighted by molar-refractivity contribution is 0.590. The van der Waals surface area contributed by atoms with Crippen LogP contribution >= 0.6 is 0 Å². The third kappa shape index (κ3) is 9.56. The van der Waals surface area contributed by atoms with Gasteiger partial charge in [0.05, 0.1) is 0 Å². The molecule has 0 bridgehead atoms. The number of hydrogen-bond acceptors (Lipinski definition) is 1. The molecular weight excluding hydrogens is 627 g/mol. The molecule has 0 aromatic heterocycles. The minimum Gasteiger partial charge on any atom is -0.311 e. The van der Waals surface area contributed by atoms with E-state index in [-0.39, 0.29) is 10.8 Å². The topological polar surface area (TPSA) is 3.24 Å². The summed E-state index contributed by atoms with van der Waals surface area (Å²) in [5.74, 6) is 0. The predicted molar refractivity (Wildman–Crippen MR) is 229 cm³/mol. The second-order valence-electron chi connectivity index (χ2n) is 15.8. The highest BCUT2D eigenvalue weighted by molar-refractivity contribution is 5.80. The van der Waals surface area contributed by atoms with Gasteiger partial charge in [-0.1, -0.05) is 193 Å². The number of benzene rings is 6. The molecule has 0 saturated heterocycles. The first kappa shape index (κ1) is 36.1. The van der Waals surface area contributed by atoms with Crippen LogP contribution in [0.2, 0.25) is 0 Å². The fraction of sp³-hybridized carbons (Fsp3) is 0.176.